The normalized spacial score (nSPS) is 22.5. The van der Waals surface area contributed by atoms with Crippen molar-refractivity contribution in [1.29, 1.82) is 0 Å². The quantitative estimate of drug-likeness (QED) is 0.460. The van der Waals surface area contributed by atoms with Crippen LogP contribution in [0.25, 0.3) is 0 Å². The van der Waals surface area contributed by atoms with Crippen molar-refractivity contribution in [2.45, 2.75) is 29.9 Å². The van der Waals surface area contributed by atoms with E-state index in [0.29, 0.717) is 0 Å². The minimum Gasteiger partial charge on any atom is -0.469 e. The maximum atomic E-state index is 13.1. The fourth-order valence-electron chi connectivity index (χ4n) is 4.41. The highest BCUT2D eigenvalue weighted by Gasteiger charge is 2.72. The number of carbonyl (C=O) groups is 2. The van der Waals surface area contributed by atoms with E-state index in [1.54, 1.807) is 0 Å². The highest BCUT2D eigenvalue weighted by Crippen LogP contribution is 2.56. The van der Waals surface area contributed by atoms with Gasteiger partial charge >= 0.3 is 24.3 Å². The molecule has 2 aromatic carbocycles. The molecule has 0 aromatic heterocycles. The van der Waals surface area contributed by atoms with Gasteiger partial charge in [0.1, 0.15) is 0 Å². The van der Waals surface area contributed by atoms with E-state index in [9.17, 15) is 35.9 Å². The number of esters is 2. The number of alkyl halides is 6. The van der Waals surface area contributed by atoms with Gasteiger partial charge < -0.3 is 20.9 Å². The van der Waals surface area contributed by atoms with Crippen LogP contribution in [0, 0.1) is 11.8 Å². The summed E-state index contributed by atoms with van der Waals surface area (Å²) in [6, 6.07) is 7.39. The van der Waals surface area contributed by atoms with Gasteiger partial charge in [-0.05, 0) is 41.8 Å². The molecule has 0 bridgehead atoms. The van der Waals surface area contributed by atoms with Crippen LogP contribution in [0.3, 0.4) is 0 Å². The molecule has 1 aliphatic rings. The average molecular weight is 504 g/mol. The van der Waals surface area contributed by atoms with Crippen LogP contribution in [0.4, 0.5) is 26.3 Å². The van der Waals surface area contributed by atoms with Crippen molar-refractivity contribution in [1.82, 2.24) is 0 Å². The van der Waals surface area contributed by atoms with Crippen LogP contribution in [0.5, 0.6) is 0 Å². The lowest BCUT2D eigenvalue weighted by Gasteiger charge is -2.34. The van der Waals surface area contributed by atoms with Crippen molar-refractivity contribution in [3.63, 3.8) is 0 Å². The zero-order valence-electron chi connectivity index (χ0n) is 18.5. The van der Waals surface area contributed by atoms with Crippen LogP contribution in [0.1, 0.15) is 28.7 Å². The van der Waals surface area contributed by atoms with Crippen molar-refractivity contribution in [3.8, 4) is 0 Å². The fourth-order valence-corrected chi connectivity index (χ4v) is 4.41. The molecule has 190 valence electrons. The first-order chi connectivity index (χ1) is 16.1. The van der Waals surface area contributed by atoms with Crippen molar-refractivity contribution in [2.24, 2.45) is 23.3 Å². The highest BCUT2D eigenvalue weighted by molar-refractivity contribution is 5.91. The number of nitrogens with two attached hydrogens (primary N) is 2. The van der Waals surface area contributed by atoms with Crippen LogP contribution in [0.15, 0.2) is 48.5 Å². The third-order valence-electron chi connectivity index (χ3n) is 6.33. The number of halogens is 6. The van der Waals surface area contributed by atoms with Crippen LogP contribution in [0.2, 0.25) is 0 Å². The Morgan fingerprint density at radius 1 is 0.743 bits per heavy atom. The lowest BCUT2D eigenvalue weighted by Crippen LogP contribution is -2.47. The molecular formula is C23H22F6N2O4. The molecule has 3 rings (SSSR count). The molecule has 6 nitrogen and oxygen atoms in total. The Labute approximate surface area is 196 Å². The largest absolute Gasteiger partial charge is 0.469 e. The smallest absolute Gasteiger partial charge is 0.416 e. The van der Waals surface area contributed by atoms with Crippen molar-refractivity contribution < 1.29 is 45.4 Å². The van der Waals surface area contributed by atoms with E-state index in [1.165, 1.54) is 0 Å². The van der Waals surface area contributed by atoms with Gasteiger partial charge in [0.25, 0.3) is 0 Å². The van der Waals surface area contributed by atoms with Gasteiger partial charge in [-0.1, -0.05) is 24.3 Å². The van der Waals surface area contributed by atoms with Crippen LogP contribution in [-0.4, -0.2) is 31.7 Å². The van der Waals surface area contributed by atoms with E-state index in [2.05, 4.69) is 0 Å². The molecular weight excluding hydrogens is 482 g/mol. The van der Waals surface area contributed by atoms with Gasteiger partial charge in [-0.3, -0.25) is 9.59 Å². The van der Waals surface area contributed by atoms with Crippen LogP contribution in [-0.2, 0) is 37.0 Å². The van der Waals surface area contributed by atoms with Gasteiger partial charge in [-0.2, -0.15) is 26.3 Å². The molecule has 0 radical (unpaired) electrons. The second-order valence-corrected chi connectivity index (χ2v) is 8.41. The highest BCUT2D eigenvalue weighted by atomic mass is 19.4. The number of carbonyl (C=O) groups excluding carboxylic acids is 2. The summed E-state index contributed by atoms with van der Waals surface area (Å²) in [5.74, 6) is -4.01. The lowest BCUT2D eigenvalue weighted by atomic mass is 9.77. The monoisotopic (exact) mass is 504 g/mol. The summed E-state index contributed by atoms with van der Waals surface area (Å²) in [5, 5.41) is 0. The number of methoxy groups -OCH3 is 2. The summed E-state index contributed by atoms with van der Waals surface area (Å²) in [7, 11) is 2.16. The van der Waals surface area contributed by atoms with E-state index < -0.39 is 64.8 Å². The molecule has 1 aliphatic carbocycles. The fraction of sp³-hybridized carbons (Fsp3) is 0.391. The van der Waals surface area contributed by atoms with Crippen LogP contribution >= 0.6 is 0 Å². The Morgan fingerprint density at radius 3 is 1.29 bits per heavy atom. The molecule has 0 aliphatic heterocycles. The first-order valence-corrected chi connectivity index (χ1v) is 10.2. The molecule has 12 heteroatoms. The Bertz CT molecular complexity index is 1020. The van der Waals surface area contributed by atoms with E-state index >= 15 is 0 Å². The Kier molecular flexibility index (Phi) is 6.68. The van der Waals surface area contributed by atoms with Gasteiger partial charge in [-0.15, -0.1) is 0 Å². The number of rotatable bonds is 6. The van der Waals surface area contributed by atoms with E-state index in [-0.39, 0.29) is 11.1 Å². The first-order valence-electron chi connectivity index (χ1n) is 10.2. The summed E-state index contributed by atoms with van der Waals surface area (Å²) in [4.78, 5) is 24.6. The van der Waals surface area contributed by atoms with Gasteiger partial charge in [-0.25, -0.2) is 0 Å². The second-order valence-electron chi connectivity index (χ2n) is 8.41. The molecule has 4 N–H and O–H groups in total. The first kappa shape index (κ1) is 26.5. The standard InChI is InChI=1S/C23H22F6N2O4/c1-34-18(32)16-17(19(33)35-2)21(16,31)11-20(30,12-3-7-14(8-4-12)22(24,25)26)13-5-9-15(10-6-13)23(27,28)29/h3-10,16-17H,11,30-31H2,1-2H3. The molecule has 2 unspecified atom stereocenters. The predicted molar refractivity (Wildman–Crippen MR) is 110 cm³/mol. The van der Waals surface area contributed by atoms with Crippen molar-refractivity contribution in [3.05, 3.63) is 70.8 Å². The third-order valence-corrected chi connectivity index (χ3v) is 6.33. The van der Waals surface area contributed by atoms with Gasteiger partial charge in [0.05, 0.1) is 42.7 Å². The predicted octanol–water partition coefficient (Wildman–Crippen LogP) is 3.61. The summed E-state index contributed by atoms with van der Waals surface area (Å²) in [6.07, 6.45) is -9.67. The minimum absolute atomic E-state index is 0.0780. The number of hydrogen-bond acceptors (Lipinski definition) is 6. The molecule has 2 atom stereocenters. The van der Waals surface area contributed by atoms with Gasteiger partial charge in [0, 0.05) is 5.54 Å². The van der Waals surface area contributed by atoms with Crippen LogP contribution < -0.4 is 11.5 Å². The SMILES string of the molecule is COC(=O)C1C(C(=O)OC)C1(N)CC(N)(c1ccc(C(F)(F)F)cc1)c1ccc(C(F)(F)F)cc1. The lowest BCUT2D eigenvalue weighted by molar-refractivity contribution is -0.148. The summed E-state index contributed by atoms with van der Waals surface area (Å²) in [6.45, 7) is 0. The minimum atomic E-state index is -4.64. The molecule has 1 fully saturated rings. The van der Waals surface area contributed by atoms with Gasteiger partial charge in [0.2, 0.25) is 0 Å². The van der Waals surface area contributed by atoms with E-state index in [0.717, 1.165) is 62.8 Å². The third kappa shape index (κ3) is 4.85. The van der Waals surface area contributed by atoms with Gasteiger partial charge in [0.15, 0.2) is 0 Å². The summed E-state index contributed by atoms with van der Waals surface area (Å²) >= 11 is 0. The topological polar surface area (TPSA) is 105 Å². The zero-order chi connectivity index (χ0) is 26.4. The second kappa shape index (κ2) is 8.83. The number of ether oxygens (including phenoxy) is 2. The molecule has 1 saturated carbocycles. The Morgan fingerprint density at radius 2 is 1.03 bits per heavy atom. The van der Waals surface area contributed by atoms with Crippen molar-refractivity contribution >= 4 is 11.9 Å². The number of benzene rings is 2. The summed E-state index contributed by atoms with van der Waals surface area (Å²) < 4.78 is 87.9. The molecule has 0 amide bonds. The molecule has 0 saturated heterocycles. The maximum absolute atomic E-state index is 13.1. The Balaban J connectivity index is 2.11. The average Bonchev–Trinajstić information content (AvgIpc) is 3.41. The molecule has 2 aromatic rings. The molecule has 35 heavy (non-hydrogen) atoms. The van der Waals surface area contributed by atoms with Crippen molar-refractivity contribution in [2.75, 3.05) is 14.2 Å². The maximum Gasteiger partial charge on any atom is 0.416 e. The number of hydrogen-bond donors (Lipinski definition) is 2. The Hall–Kier alpha value is -3.12. The van der Waals surface area contributed by atoms with E-state index in [1.807, 2.05) is 0 Å². The van der Waals surface area contributed by atoms with E-state index in [4.69, 9.17) is 20.9 Å². The molecule has 0 heterocycles. The summed E-state index contributed by atoms with van der Waals surface area (Å²) in [5.41, 5.74) is 7.85. The zero-order valence-corrected chi connectivity index (χ0v) is 18.5. The molecule has 0 spiro atoms.